The Morgan fingerprint density at radius 2 is 2.06 bits per heavy atom. The van der Waals surface area contributed by atoms with Gasteiger partial charge in [-0.05, 0) is 37.0 Å². The first-order chi connectivity index (χ1) is 8.66. The van der Waals surface area contributed by atoms with Crippen molar-refractivity contribution < 1.29 is 9.59 Å². The fourth-order valence-electron chi connectivity index (χ4n) is 1.60. The quantitative estimate of drug-likeness (QED) is 0.781. The van der Waals surface area contributed by atoms with Crippen molar-refractivity contribution in [2.24, 2.45) is 0 Å². The average molecular weight is 247 g/mol. The maximum atomic E-state index is 11.7. The minimum atomic E-state index is -0.491. The summed E-state index contributed by atoms with van der Waals surface area (Å²) in [7, 11) is 1.65. The van der Waals surface area contributed by atoms with Gasteiger partial charge in [0.25, 0.3) is 0 Å². The van der Waals surface area contributed by atoms with Crippen LogP contribution in [0.15, 0.2) is 24.5 Å². The standard InChI is InChI=1S/C13H17N3O2/c1-16(9-6-10-4-7-14-8-5-10)13(18)12(17)15-11-2-3-11/h4-5,7-8,11H,2-3,6,9H2,1H3,(H,15,17). The molecule has 5 heteroatoms. The number of nitrogens with zero attached hydrogens (tertiary/aromatic N) is 2. The number of carbonyl (C=O) groups is 2. The Balaban J connectivity index is 1.78. The Labute approximate surface area is 106 Å². The van der Waals surface area contributed by atoms with E-state index in [4.69, 9.17) is 0 Å². The second kappa shape index (κ2) is 5.62. The van der Waals surface area contributed by atoms with Gasteiger partial charge >= 0.3 is 11.8 Å². The topological polar surface area (TPSA) is 62.3 Å². The lowest BCUT2D eigenvalue weighted by atomic mass is 10.2. The summed E-state index contributed by atoms with van der Waals surface area (Å²) in [5.74, 6) is -0.953. The van der Waals surface area contributed by atoms with E-state index in [9.17, 15) is 9.59 Å². The van der Waals surface area contributed by atoms with E-state index in [1.807, 2.05) is 12.1 Å². The van der Waals surface area contributed by atoms with E-state index in [0.717, 1.165) is 24.8 Å². The molecule has 0 spiro atoms. The normalized spacial score (nSPS) is 14.1. The van der Waals surface area contributed by atoms with Gasteiger partial charge in [-0.25, -0.2) is 0 Å². The largest absolute Gasteiger partial charge is 0.345 e. The molecule has 96 valence electrons. The SMILES string of the molecule is CN(CCc1ccncc1)C(=O)C(=O)NC1CC1. The summed E-state index contributed by atoms with van der Waals surface area (Å²) >= 11 is 0. The van der Waals surface area contributed by atoms with Gasteiger partial charge in [0.15, 0.2) is 0 Å². The molecule has 1 N–H and O–H groups in total. The van der Waals surface area contributed by atoms with Gasteiger partial charge in [-0.15, -0.1) is 0 Å². The molecule has 1 aliphatic carbocycles. The smallest absolute Gasteiger partial charge is 0.311 e. The van der Waals surface area contributed by atoms with Crippen molar-refractivity contribution >= 4 is 11.8 Å². The third-order valence-electron chi connectivity index (χ3n) is 2.94. The van der Waals surface area contributed by atoms with Crippen LogP contribution in [0, 0.1) is 0 Å². The van der Waals surface area contributed by atoms with Crippen LogP contribution in [0.2, 0.25) is 0 Å². The van der Waals surface area contributed by atoms with Gasteiger partial charge in [-0.2, -0.15) is 0 Å². The highest BCUT2D eigenvalue weighted by atomic mass is 16.2. The Morgan fingerprint density at radius 3 is 2.67 bits per heavy atom. The molecule has 0 unspecified atom stereocenters. The fourth-order valence-corrected chi connectivity index (χ4v) is 1.60. The first-order valence-corrected chi connectivity index (χ1v) is 6.11. The van der Waals surface area contributed by atoms with Gasteiger partial charge in [-0.3, -0.25) is 14.6 Å². The first-order valence-electron chi connectivity index (χ1n) is 6.11. The van der Waals surface area contributed by atoms with Crippen molar-refractivity contribution in [3.05, 3.63) is 30.1 Å². The second-order valence-corrected chi connectivity index (χ2v) is 4.58. The number of nitrogens with one attached hydrogen (secondary N) is 1. The lowest BCUT2D eigenvalue weighted by Crippen LogP contribution is -2.42. The third-order valence-corrected chi connectivity index (χ3v) is 2.94. The van der Waals surface area contributed by atoms with Crippen LogP contribution in [0.3, 0.4) is 0 Å². The molecule has 2 amide bonds. The summed E-state index contributed by atoms with van der Waals surface area (Å²) in [5, 5.41) is 2.69. The first kappa shape index (κ1) is 12.5. The molecule has 0 aliphatic heterocycles. The zero-order valence-corrected chi connectivity index (χ0v) is 10.4. The van der Waals surface area contributed by atoms with Gasteiger partial charge in [-0.1, -0.05) is 0 Å². The molecule has 18 heavy (non-hydrogen) atoms. The highest BCUT2D eigenvalue weighted by molar-refractivity contribution is 6.35. The van der Waals surface area contributed by atoms with Gasteiger partial charge in [0.1, 0.15) is 0 Å². The Morgan fingerprint density at radius 1 is 1.39 bits per heavy atom. The molecule has 0 bridgehead atoms. The lowest BCUT2D eigenvalue weighted by molar-refractivity contribution is -0.145. The number of rotatable bonds is 4. The monoisotopic (exact) mass is 247 g/mol. The molecule has 5 nitrogen and oxygen atoms in total. The van der Waals surface area contributed by atoms with E-state index in [2.05, 4.69) is 10.3 Å². The molecule has 0 atom stereocenters. The van der Waals surface area contributed by atoms with Crippen molar-refractivity contribution in [3.8, 4) is 0 Å². The zero-order valence-electron chi connectivity index (χ0n) is 10.4. The zero-order chi connectivity index (χ0) is 13.0. The van der Waals surface area contributed by atoms with Crippen molar-refractivity contribution in [2.45, 2.75) is 25.3 Å². The van der Waals surface area contributed by atoms with Crippen LogP contribution in [-0.4, -0.2) is 41.3 Å². The second-order valence-electron chi connectivity index (χ2n) is 4.58. The molecule has 0 radical (unpaired) electrons. The molecule has 1 fully saturated rings. The number of pyridine rings is 1. The summed E-state index contributed by atoms with van der Waals surface area (Å²) in [6, 6.07) is 4.03. The van der Waals surface area contributed by atoms with Gasteiger partial charge in [0, 0.05) is 32.0 Å². The summed E-state index contributed by atoms with van der Waals surface area (Å²) in [4.78, 5) is 28.7. The van der Waals surface area contributed by atoms with Crippen molar-refractivity contribution in [1.82, 2.24) is 15.2 Å². The summed E-state index contributed by atoms with van der Waals surface area (Å²) in [5.41, 5.74) is 1.10. The van der Waals surface area contributed by atoms with E-state index < -0.39 is 11.8 Å². The molecular weight excluding hydrogens is 230 g/mol. The number of hydrogen-bond donors (Lipinski definition) is 1. The Kier molecular flexibility index (Phi) is 3.92. The van der Waals surface area contributed by atoms with Crippen LogP contribution < -0.4 is 5.32 Å². The van der Waals surface area contributed by atoms with Gasteiger partial charge < -0.3 is 10.2 Å². The van der Waals surface area contributed by atoms with Crippen LogP contribution in [0.5, 0.6) is 0 Å². The van der Waals surface area contributed by atoms with E-state index in [1.165, 1.54) is 4.90 Å². The summed E-state index contributed by atoms with van der Waals surface area (Å²) in [6.07, 6.45) is 6.13. The highest BCUT2D eigenvalue weighted by Crippen LogP contribution is 2.18. The summed E-state index contributed by atoms with van der Waals surface area (Å²) in [6.45, 7) is 0.529. The number of hydrogen-bond acceptors (Lipinski definition) is 3. The molecule has 1 aromatic rings. The summed E-state index contributed by atoms with van der Waals surface area (Å²) < 4.78 is 0. The molecule has 2 rings (SSSR count). The van der Waals surface area contributed by atoms with Gasteiger partial charge in [0.2, 0.25) is 0 Å². The van der Waals surface area contributed by atoms with Crippen LogP contribution in [0.4, 0.5) is 0 Å². The molecule has 1 saturated carbocycles. The minimum Gasteiger partial charge on any atom is -0.345 e. The van der Waals surface area contributed by atoms with Crippen LogP contribution in [0.1, 0.15) is 18.4 Å². The number of aromatic nitrogens is 1. The van der Waals surface area contributed by atoms with E-state index in [-0.39, 0.29) is 6.04 Å². The molecule has 0 saturated heterocycles. The maximum Gasteiger partial charge on any atom is 0.311 e. The molecular formula is C13H17N3O2. The number of likely N-dealkylation sites (N-methyl/N-ethyl adjacent to an activating group) is 1. The molecule has 0 aromatic carbocycles. The average Bonchev–Trinajstić information content (AvgIpc) is 3.20. The Hall–Kier alpha value is -1.91. The van der Waals surface area contributed by atoms with Gasteiger partial charge in [0.05, 0.1) is 0 Å². The van der Waals surface area contributed by atoms with E-state index in [1.54, 1.807) is 19.4 Å². The Bertz CT molecular complexity index is 429. The predicted molar refractivity (Wildman–Crippen MR) is 66.7 cm³/mol. The third kappa shape index (κ3) is 3.55. The lowest BCUT2D eigenvalue weighted by Gasteiger charge is -2.16. The van der Waals surface area contributed by atoms with Crippen LogP contribution in [0.25, 0.3) is 0 Å². The molecule has 1 aromatic heterocycles. The molecule has 1 heterocycles. The van der Waals surface area contributed by atoms with Crippen LogP contribution >= 0.6 is 0 Å². The molecule has 1 aliphatic rings. The van der Waals surface area contributed by atoms with Crippen LogP contribution in [-0.2, 0) is 16.0 Å². The van der Waals surface area contributed by atoms with E-state index >= 15 is 0 Å². The number of carbonyl (C=O) groups excluding carboxylic acids is 2. The van der Waals surface area contributed by atoms with Crippen molar-refractivity contribution in [2.75, 3.05) is 13.6 Å². The highest BCUT2D eigenvalue weighted by Gasteiger charge is 2.27. The fraction of sp³-hybridized carbons (Fsp3) is 0.462. The maximum absolute atomic E-state index is 11.7. The van der Waals surface area contributed by atoms with Crippen molar-refractivity contribution in [3.63, 3.8) is 0 Å². The van der Waals surface area contributed by atoms with Crippen molar-refractivity contribution in [1.29, 1.82) is 0 Å². The minimum absolute atomic E-state index is 0.218. The predicted octanol–water partition coefficient (Wildman–Crippen LogP) is 0.361. The number of amides is 2. The van der Waals surface area contributed by atoms with E-state index in [0.29, 0.717) is 6.54 Å².